The van der Waals surface area contributed by atoms with Crippen molar-refractivity contribution in [3.05, 3.63) is 41.5 Å². The second-order valence-electron chi connectivity index (χ2n) is 4.86. The van der Waals surface area contributed by atoms with Crippen molar-refractivity contribution in [2.45, 2.75) is 32.2 Å². The lowest BCUT2D eigenvalue weighted by molar-refractivity contribution is 0.365. The van der Waals surface area contributed by atoms with Gasteiger partial charge in [0.15, 0.2) is 5.82 Å². The minimum Gasteiger partial charge on any atom is -0.497 e. The lowest BCUT2D eigenvalue weighted by Gasteiger charge is -2.06. The molecule has 108 valence electrons. The summed E-state index contributed by atoms with van der Waals surface area (Å²) in [6.45, 7) is 2.13. The molecule has 0 bridgehead atoms. The number of nitrogens with zero attached hydrogens (tertiary/aromatic N) is 2. The number of rotatable bonds is 7. The molecule has 1 aromatic carbocycles. The number of aromatic nitrogens is 2. The number of benzene rings is 1. The van der Waals surface area contributed by atoms with E-state index in [4.69, 9.17) is 9.26 Å². The highest BCUT2D eigenvalue weighted by atomic mass is 16.5. The lowest BCUT2D eigenvalue weighted by atomic mass is 10.1. The van der Waals surface area contributed by atoms with Gasteiger partial charge in [-0.25, -0.2) is 0 Å². The van der Waals surface area contributed by atoms with Crippen LogP contribution in [0.2, 0.25) is 0 Å². The SMILES string of the molecule is CNC(C)CCc1nc(Cc2ccc(OC)cc2)no1. The van der Waals surface area contributed by atoms with Crippen molar-refractivity contribution in [3.8, 4) is 5.75 Å². The van der Waals surface area contributed by atoms with Gasteiger partial charge in [0.2, 0.25) is 5.89 Å². The van der Waals surface area contributed by atoms with Crippen molar-refractivity contribution < 1.29 is 9.26 Å². The van der Waals surface area contributed by atoms with E-state index in [-0.39, 0.29) is 0 Å². The topological polar surface area (TPSA) is 60.2 Å². The molecular weight excluding hydrogens is 254 g/mol. The zero-order valence-corrected chi connectivity index (χ0v) is 12.2. The standard InChI is InChI=1S/C15H21N3O2/c1-11(16-2)4-9-15-17-14(18-20-15)10-12-5-7-13(19-3)8-6-12/h5-8,11,16H,4,9-10H2,1-3H3. The van der Waals surface area contributed by atoms with Crippen LogP contribution in [0, 0.1) is 0 Å². The van der Waals surface area contributed by atoms with Crippen LogP contribution in [-0.4, -0.2) is 30.3 Å². The monoisotopic (exact) mass is 275 g/mol. The number of aryl methyl sites for hydroxylation is 1. The Morgan fingerprint density at radius 1 is 1.30 bits per heavy atom. The molecular formula is C15H21N3O2. The first kappa shape index (κ1) is 14.5. The fourth-order valence-electron chi connectivity index (χ4n) is 1.87. The van der Waals surface area contributed by atoms with E-state index in [1.54, 1.807) is 7.11 Å². The predicted octanol–water partition coefficient (Wildman–Crippen LogP) is 2.21. The molecule has 1 aromatic heterocycles. The maximum absolute atomic E-state index is 5.26. The van der Waals surface area contributed by atoms with Crippen LogP contribution < -0.4 is 10.1 Å². The summed E-state index contributed by atoms with van der Waals surface area (Å²) in [5.41, 5.74) is 1.14. The van der Waals surface area contributed by atoms with Crippen LogP contribution in [0.25, 0.3) is 0 Å². The van der Waals surface area contributed by atoms with E-state index < -0.39 is 0 Å². The molecule has 1 unspecified atom stereocenters. The third-order valence-corrected chi connectivity index (χ3v) is 3.32. The van der Waals surface area contributed by atoms with E-state index in [1.807, 2.05) is 31.3 Å². The van der Waals surface area contributed by atoms with Crippen molar-refractivity contribution in [2.24, 2.45) is 0 Å². The van der Waals surface area contributed by atoms with Gasteiger partial charge in [0.25, 0.3) is 0 Å². The zero-order chi connectivity index (χ0) is 14.4. The van der Waals surface area contributed by atoms with Crippen molar-refractivity contribution in [3.63, 3.8) is 0 Å². The highest BCUT2D eigenvalue weighted by Gasteiger charge is 2.08. The van der Waals surface area contributed by atoms with E-state index in [0.29, 0.717) is 18.4 Å². The average Bonchev–Trinajstić information content (AvgIpc) is 2.93. The molecule has 1 atom stereocenters. The lowest BCUT2D eigenvalue weighted by Crippen LogP contribution is -2.21. The van der Waals surface area contributed by atoms with Gasteiger partial charge in [-0.05, 0) is 38.1 Å². The zero-order valence-electron chi connectivity index (χ0n) is 12.2. The molecule has 0 radical (unpaired) electrons. The summed E-state index contributed by atoms with van der Waals surface area (Å²) in [7, 11) is 3.61. The van der Waals surface area contributed by atoms with Gasteiger partial charge in [-0.15, -0.1) is 0 Å². The van der Waals surface area contributed by atoms with Crippen molar-refractivity contribution >= 4 is 0 Å². The highest BCUT2D eigenvalue weighted by Crippen LogP contribution is 2.14. The summed E-state index contributed by atoms with van der Waals surface area (Å²) in [6, 6.07) is 8.35. The summed E-state index contributed by atoms with van der Waals surface area (Å²) in [5.74, 6) is 2.28. The Morgan fingerprint density at radius 2 is 2.05 bits per heavy atom. The first-order chi connectivity index (χ1) is 9.71. The van der Waals surface area contributed by atoms with Gasteiger partial charge in [-0.1, -0.05) is 17.3 Å². The highest BCUT2D eigenvalue weighted by molar-refractivity contribution is 5.28. The van der Waals surface area contributed by atoms with Crippen molar-refractivity contribution in [2.75, 3.05) is 14.2 Å². The Balaban J connectivity index is 1.91. The third kappa shape index (κ3) is 4.06. The quantitative estimate of drug-likeness (QED) is 0.839. The minimum absolute atomic E-state index is 0.451. The van der Waals surface area contributed by atoms with Crippen molar-refractivity contribution in [1.29, 1.82) is 0 Å². The van der Waals surface area contributed by atoms with Crippen LogP contribution in [0.15, 0.2) is 28.8 Å². The number of ether oxygens (including phenoxy) is 1. The number of nitrogens with one attached hydrogen (secondary N) is 1. The van der Waals surface area contributed by atoms with Crippen LogP contribution in [0.3, 0.4) is 0 Å². The minimum atomic E-state index is 0.451. The van der Waals surface area contributed by atoms with Gasteiger partial charge in [-0.3, -0.25) is 0 Å². The van der Waals surface area contributed by atoms with Crippen LogP contribution >= 0.6 is 0 Å². The molecule has 5 nitrogen and oxygen atoms in total. The van der Waals surface area contributed by atoms with Gasteiger partial charge in [0, 0.05) is 18.9 Å². The van der Waals surface area contributed by atoms with Crippen LogP contribution in [0.1, 0.15) is 30.6 Å². The number of hydrogen-bond donors (Lipinski definition) is 1. The first-order valence-corrected chi connectivity index (χ1v) is 6.83. The van der Waals surface area contributed by atoms with E-state index >= 15 is 0 Å². The predicted molar refractivity (Wildman–Crippen MR) is 76.9 cm³/mol. The summed E-state index contributed by atoms with van der Waals surface area (Å²) >= 11 is 0. The van der Waals surface area contributed by atoms with E-state index in [1.165, 1.54) is 0 Å². The van der Waals surface area contributed by atoms with Gasteiger partial charge in [0.1, 0.15) is 5.75 Å². The summed E-state index contributed by atoms with van der Waals surface area (Å²) in [4.78, 5) is 4.42. The Hall–Kier alpha value is -1.88. The molecule has 2 rings (SSSR count). The molecule has 0 aliphatic carbocycles. The number of hydrogen-bond acceptors (Lipinski definition) is 5. The molecule has 1 heterocycles. The molecule has 0 spiro atoms. The van der Waals surface area contributed by atoms with Gasteiger partial charge < -0.3 is 14.6 Å². The molecule has 0 fully saturated rings. The summed E-state index contributed by atoms with van der Waals surface area (Å²) < 4.78 is 10.4. The molecule has 1 N–H and O–H groups in total. The molecule has 5 heteroatoms. The fraction of sp³-hybridized carbons (Fsp3) is 0.467. The Bertz CT molecular complexity index is 522. The second-order valence-corrected chi connectivity index (χ2v) is 4.86. The largest absolute Gasteiger partial charge is 0.497 e. The molecule has 0 saturated carbocycles. The van der Waals surface area contributed by atoms with Gasteiger partial charge in [0.05, 0.1) is 7.11 Å². The van der Waals surface area contributed by atoms with Crippen LogP contribution in [0.5, 0.6) is 5.75 Å². The van der Waals surface area contributed by atoms with Gasteiger partial charge in [-0.2, -0.15) is 4.98 Å². The molecule has 20 heavy (non-hydrogen) atoms. The molecule has 0 saturated heterocycles. The molecule has 0 aliphatic heterocycles. The summed E-state index contributed by atoms with van der Waals surface area (Å²) in [5, 5.41) is 7.21. The maximum atomic E-state index is 5.26. The Kier molecular flexibility index (Phi) is 5.12. The van der Waals surface area contributed by atoms with Crippen LogP contribution in [-0.2, 0) is 12.8 Å². The third-order valence-electron chi connectivity index (χ3n) is 3.32. The first-order valence-electron chi connectivity index (χ1n) is 6.83. The molecule has 0 amide bonds. The smallest absolute Gasteiger partial charge is 0.226 e. The van der Waals surface area contributed by atoms with E-state index in [9.17, 15) is 0 Å². The van der Waals surface area contributed by atoms with Crippen LogP contribution in [0.4, 0.5) is 0 Å². The normalized spacial score (nSPS) is 12.3. The Morgan fingerprint density at radius 3 is 2.70 bits per heavy atom. The number of methoxy groups -OCH3 is 1. The maximum Gasteiger partial charge on any atom is 0.226 e. The fourth-order valence-corrected chi connectivity index (χ4v) is 1.87. The van der Waals surface area contributed by atoms with Crippen molar-refractivity contribution in [1.82, 2.24) is 15.5 Å². The average molecular weight is 275 g/mol. The Labute approximate surface area is 119 Å². The molecule has 2 aromatic rings. The van der Waals surface area contributed by atoms with E-state index in [2.05, 4.69) is 22.4 Å². The van der Waals surface area contributed by atoms with E-state index in [0.717, 1.165) is 30.0 Å². The second kappa shape index (κ2) is 7.05. The molecule has 0 aliphatic rings. The van der Waals surface area contributed by atoms with Gasteiger partial charge >= 0.3 is 0 Å². The summed E-state index contributed by atoms with van der Waals surface area (Å²) in [6.07, 6.45) is 2.47.